The molecule has 6 nitrogen and oxygen atoms in total. The van der Waals surface area contributed by atoms with Crippen LogP contribution in [0.2, 0.25) is 0 Å². The lowest BCUT2D eigenvalue weighted by molar-refractivity contribution is -0.150. The van der Waals surface area contributed by atoms with Crippen LogP contribution >= 0.6 is 0 Å². The van der Waals surface area contributed by atoms with Crippen LogP contribution in [0.15, 0.2) is 6.20 Å². The lowest BCUT2D eigenvalue weighted by atomic mass is 9.74. The lowest BCUT2D eigenvalue weighted by Crippen LogP contribution is -2.44. The molecule has 0 bridgehead atoms. The number of nitrogens with one attached hydrogen (secondary N) is 1. The highest BCUT2D eigenvalue weighted by molar-refractivity contribution is 5.95. The summed E-state index contributed by atoms with van der Waals surface area (Å²) in [4.78, 5) is 24.0. The third-order valence-corrected chi connectivity index (χ3v) is 4.72. The number of carbonyl (C=O) groups excluding carboxylic acids is 1. The Labute approximate surface area is 145 Å². The fourth-order valence-corrected chi connectivity index (χ4v) is 3.33. The third-order valence-electron chi connectivity index (χ3n) is 4.72. The molecular formula is C17H25F2N3O3. The molecule has 25 heavy (non-hydrogen) atoms. The minimum absolute atomic E-state index is 0.0563. The van der Waals surface area contributed by atoms with E-state index < -0.39 is 29.4 Å². The van der Waals surface area contributed by atoms with E-state index in [2.05, 4.69) is 10.4 Å². The van der Waals surface area contributed by atoms with Crippen LogP contribution in [-0.2, 0) is 11.3 Å². The molecule has 1 heterocycles. The highest BCUT2D eigenvalue weighted by Gasteiger charge is 2.40. The average molecular weight is 357 g/mol. The van der Waals surface area contributed by atoms with Crippen molar-refractivity contribution < 1.29 is 23.5 Å². The van der Waals surface area contributed by atoms with Crippen LogP contribution in [0.25, 0.3) is 0 Å². The Hall–Kier alpha value is -1.99. The smallest absolute Gasteiger partial charge is 0.311 e. The molecule has 1 amide bonds. The highest BCUT2D eigenvalue weighted by Crippen LogP contribution is 2.36. The van der Waals surface area contributed by atoms with Gasteiger partial charge in [0.2, 0.25) is 0 Å². The summed E-state index contributed by atoms with van der Waals surface area (Å²) >= 11 is 0. The Morgan fingerprint density at radius 3 is 2.48 bits per heavy atom. The molecule has 0 aromatic carbocycles. The molecule has 0 saturated heterocycles. The predicted molar refractivity (Wildman–Crippen MR) is 87.5 cm³/mol. The van der Waals surface area contributed by atoms with Gasteiger partial charge in [0.05, 0.1) is 17.2 Å². The Bertz CT molecular complexity index is 623. The maximum atomic E-state index is 13.4. The summed E-state index contributed by atoms with van der Waals surface area (Å²) in [5.74, 6) is -1.54. The minimum Gasteiger partial charge on any atom is -0.481 e. The lowest BCUT2D eigenvalue weighted by Gasteiger charge is -2.33. The normalized spacial score (nSPS) is 17.0. The van der Waals surface area contributed by atoms with Crippen LogP contribution in [-0.4, -0.2) is 33.3 Å². The molecule has 2 rings (SSSR count). The largest absolute Gasteiger partial charge is 0.481 e. The van der Waals surface area contributed by atoms with E-state index >= 15 is 0 Å². The Morgan fingerprint density at radius 2 is 1.96 bits per heavy atom. The zero-order valence-corrected chi connectivity index (χ0v) is 14.6. The van der Waals surface area contributed by atoms with Gasteiger partial charge >= 0.3 is 5.97 Å². The molecule has 8 heteroatoms. The van der Waals surface area contributed by atoms with Gasteiger partial charge in [-0.05, 0) is 18.8 Å². The Kier molecular flexibility index (Phi) is 6.13. The summed E-state index contributed by atoms with van der Waals surface area (Å²) in [5.41, 5.74) is -1.61. The summed E-state index contributed by atoms with van der Waals surface area (Å²) in [5, 5.41) is 16.0. The van der Waals surface area contributed by atoms with Crippen LogP contribution in [0.5, 0.6) is 0 Å². The van der Waals surface area contributed by atoms with E-state index in [-0.39, 0.29) is 24.6 Å². The third kappa shape index (κ3) is 4.35. The molecule has 1 aliphatic carbocycles. The molecule has 1 saturated carbocycles. The van der Waals surface area contributed by atoms with Crippen molar-refractivity contribution in [2.75, 3.05) is 6.54 Å². The number of hydrogen-bond acceptors (Lipinski definition) is 3. The average Bonchev–Trinajstić information content (AvgIpc) is 2.96. The van der Waals surface area contributed by atoms with Crippen molar-refractivity contribution in [2.45, 2.75) is 58.9 Å². The number of carbonyl (C=O) groups is 2. The molecule has 0 atom stereocenters. The molecule has 1 aromatic heterocycles. The Balaban J connectivity index is 2.15. The fraction of sp³-hybridized carbons (Fsp3) is 0.706. The molecule has 0 aliphatic heterocycles. The van der Waals surface area contributed by atoms with E-state index in [1.165, 1.54) is 0 Å². The topological polar surface area (TPSA) is 84.2 Å². The van der Waals surface area contributed by atoms with Crippen LogP contribution < -0.4 is 5.32 Å². The molecule has 0 unspecified atom stereocenters. The summed E-state index contributed by atoms with van der Waals surface area (Å²) in [6.45, 7) is 3.97. The van der Waals surface area contributed by atoms with Crippen molar-refractivity contribution in [3.05, 3.63) is 17.5 Å². The van der Waals surface area contributed by atoms with Gasteiger partial charge in [0.25, 0.3) is 12.3 Å². The number of aromatic nitrogens is 2. The number of hydrogen-bond donors (Lipinski definition) is 2. The molecule has 0 radical (unpaired) electrons. The first-order chi connectivity index (χ1) is 11.8. The zero-order valence-electron chi connectivity index (χ0n) is 14.6. The first-order valence-electron chi connectivity index (χ1n) is 8.62. The van der Waals surface area contributed by atoms with Gasteiger partial charge in [-0.2, -0.15) is 5.10 Å². The molecular weight excluding hydrogens is 332 g/mol. The number of nitrogens with zero attached hydrogens (tertiary/aromatic N) is 2. The molecule has 1 aromatic rings. The maximum absolute atomic E-state index is 13.4. The maximum Gasteiger partial charge on any atom is 0.311 e. The van der Waals surface area contributed by atoms with Crippen molar-refractivity contribution in [3.8, 4) is 0 Å². The number of carboxylic acid groups (broad SMARTS) is 1. The molecule has 1 aliphatic rings. The summed E-state index contributed by atoms with van der Waals surface area (Å²) < 4.78 is 27.9. The summed E-state index contributed by atoms with van der Waals surface area (Å²) in [7, 11) is 0. The first kappa shape index (κ1) is 19.3. The van der Waals surface area contributed by atoms with Gasteiger partial charge in [0.15, 0.2) is 0 Å². The molecule has 2 N–H and O–H groups in total. The van der Waals surface area contributed by atoms with E-state index in [0.717, 1.165) is 30.1 Å². The van der Waals surface area contributed by atoms with E-state index in [0.29, 0.717) is 12.8 Å². The van der Waals surface area contributed by atoms with Gasteiger partial charge < -0.3 is 10.4 Å². The van der Waals surface area contributed by atoms with Crippen molar-refractivity contribution in [3.63, 3.8) is 0 Å². The Morgan fingerprint density at radius 1 is 1.32 bits per heavy atom. The van der Waals surface area contributed by atoms with E-state index in [4.69, 9.17) is 0 Å². The molecule has 0 spiro atoms. The zero-order chi connectivity index (χ0) is 18.6. The second-order valence-corrected chi connectivity index (χ2v) is 7.15. The van der Waals surface area contributed by atoms with Crippen molar-refractivity contribution in [1.82, 2.24) is 15.1 Å². The second kappa shape index (κ2) is 7.93. The van der Waals surface area contributed by atoms with Gasteiger partial charge in [-0.3, -0.25) is 14.3 Å². The number of carboxylic acids is 1. The van der Waals surface area contributed by atoms with Crippen LogP contribution in [0.3, 0.4) is 0 Å². The quantitative estimate of drug-likeness (QED) is 0.785. The summed E-state index contributed by atoms with van der Waals surface area (Å²) in [6, 6.07) is 0. The van der Waals surface area contributed by atoms with E-state index in [9.17, 15) is 23.5 Å². The van der Waals surface area contributed by atoms with Crippen LogP contribution in [0.1, 0.15) is 68.4 Å². The standard InChI is InChI=1S/C17H25F2N3O3/c1-11(2)9-22-13(14(18)19)12(8-21-22)15(23)20-10-17(16(24)25)6-4-3-5-7-17/h8,11,14H,3-7,9-10H2,1-2H3,(H,20,23)(H,24,25). The first-order valence-corrected chi connectivity index (χ1v) is 8.62. The van der Waals surface area contributed by atoms with Gasteiger partial charge in [0, 0.05) is 13.1 Å². The van der Waals surface area contributed by atoms with E-state index in [1.807, 2.05) is 13.8 Å². The van der Waals surface area contributed by atoms with Crippen LogP contribution in [0, 0.1) is 11.3 Å². The van der Waals surface area contributed by atoms with Gasteiger partial charge in [-0.25, -0.2) is 8.78 Å². The fourth-order valence-electron chi connectivity index (χ4n) is 3.33. The van der Waals surface area contributed by atoms with Gasteiger partial charge in [0.1, 0.15) is 5.69 Å². The minimum atomic E-state index is -2.83. The molecule has 140 valence electrons. The van der Waals surface area contributed by atoms with Crippen LogP contribution in [0.4, 0.5) is 8.78 Å². The van der Waals surface area contributed by atoms with Gasteiger partial charge in [-0.15, -0.1) is 0 Å². The molecule has 1 fully saturated rings. The van der Waals surface area contributed by atoms with Crippen molar-refractivity contribution in [2.24, 2.45) is 11.3 Å². The van der Waals surface area contributed by atoms with Gasteiger partial charge in [-0.1, -0.05) is 33.1 Å². The highest BCUT2D eigenvalue weighted by atomic mass is 19.3. The number of aliphatic carboxylic acids is 1. The SMILES string of the molecule is CC(C)Cn1ncc(C(=O)NCC2(C(=O)O)CCCCC2)c1C(F)F. The van der Waals surface area contributed by atoms with Crippen molar-refractivity contribution in [1.29, 1.82) is 0 Å². The number of rotatable bonds is 7. The second-order valence-electron chi connectivity index (χ2n) is 7.15. The van der Waals surface area contributed by atoms with Crippen molar-refractivity contribution >= 4 is 11.9 Å². The summed E-state index contributed by atoms with van der Waals surface area (Å²) in [6.07, 6.45) is 1.82. The predicted octanol–water partition coefficient (Wildman–Crippen LogP) is 3.24. The number of halogens is 2. The number of alkyl halides is 2. The van der Waals surface area contributed by atoms with E-state index in [1.54, 1.807) is 0 Å². The number of amides is 1. The monoisotopic (exact) mass is 357 g/mol.